The zero-order chi connectivity index (χ0) is 22.4. The average molecular weight is 412 g/mol. The summed E-state index contributed by atoms with van der Waals surface area (Å²) in [6.45, 7) is 8.16. The van der Waals surface area contributed by atoms with E-state index >= 15 is 0 Å². The first-order valence-electron chi connectivity index (χ1n) is 10.5. The number of nitrogens with one attached hydrogen (secondary N) is 1. The van der Waals surface area contributed by atoms with Crippen LogP contribution >= 0.6 is 0 Å². The molecule has 0 heterocycles. The highest BCUT2D eigenvalue weighted by atomic mass is 16.1. The maximum absolute atomic E-state index is 12.0. The van der Waals surface area contributed by atoms with Crippen LogP contribution in [0.1, 0.15) is 65.1 Å². The Labute approximate surface area is 184 Å². The zero-order valence-electron chi connectivity index (χ0n) is 18.6. The quantitative estimate of drug-likeness (QED) is 0.456. The van der Waals surface area contributed by atoms with Gasteiger partial charge < -0.3 is 5.32 Å². The molecule has 31 heavy (non-hydrogen) atoms. The number of benzene rings is 3. The van der Waals surface area contributed by atoms with Gasteiger partial charge in [-0.1, -0.05) is 78.9 Å². The molecule has 0 aliphatic heterocycles. The highest BCUT2D eigenvalue weighted by Gasteiger charge is 2.18. The number of Topliss-reactive ketones (excluding diaryl/α,β-unsaturated/α-hetero) is 2. The van der Waals surface area contributed by atoms with Crippen LogP contribution < -0.4 is 5.32 Å². The predicted molar refractivity (Wildman–Crippen MR) is 127 cm³/mol. The molecule has 0 bridgehead atoms. The standard InChI is InChI=1S/C28H29NO2/c1-20(30)23-13-15-24(16-14-23)27(26-12-8-11-25(17-26)21(2)31)18-28(3,4)29-19-22-9-6-5-7-10-22/h5-18,29H,19H2,1-4H3/b27-18+. The van der Waals surface area contributed by atoms with Crippen molar-refractivity contribution in [2.75, 3.05) is 0 Å². The lowest BCUT2D eigenvalue weighted by atomic mass is 9.90. The Hall–Kier alpha value is -3.30. The normalized spacial score (nSPS) is 11.9. The third-order valence-electron chi connectivity index (χ3n) is 5.28. The van der Waals surface area contributed by atoms with Crippen LogP contribution in [0.3, 0.4) is 0 Å². The summed E-state index contributed by atoms with van der Waals surface area (Å²) in [4.78, 5) is 23.7. The van der Waals surface area contributed by atoms with E-state index in [1.165, 1.54) is 5.56 Å². The molecule has 3 aromatic carbocycles. The molecule has 0 saturated carbocycles. The van der Waals surface area contributed by atoms with E-state index in [2.05, 4.69) is 37.4 Å². The van der Waals surface area contributed by atoms with Crippen LogP contribution in [-0.4, -0.2) is 17.1 Å². The van der Waals surface area contributed by atoms with E-state index in [1.54, 1.807) is 13.8 Å². The summed E-state index contributed by atoms with van der Waals surface area (Å²) in [6, 6.07) is 25.6. The Morgan fingerprint density at radius 3 is 1.94 bits per heavy atom. The van der Waals surface area contributed by atoms with E-state index in [-0.39, 0.29) is 17.1 Å². The molecule has 3 heteroatoms. The highest BCUT2D eigenvalue weighted by Crippen LogP contribution is 2.28. The molecule has 1 N–H and O–H groups in total. The molecule has 0 fully saturated rings. The van der Waals surface area contributed by atoms with E-state index < -0.39 is 0 Å². The van der Waals surface area contributed by atoms with Gasteiger partial charge in [-0.3, -0.25) is 9.59 Å². The van der Waals surface area contributed by atoms with Crippen molar-refractivity contribution < 1.29 is 9.59 Å². The van der Waals surface area contributed by atoms with Gasteiger partial charge in [0, 0.05) is 23.2 Å². The predicted octanol–water partition coefficient (Wildman–Crippen LogP) is 6.09. The lowest BCUT2D eigenvalue weighted by Crippen LogP contribution is -2.37. The molecule has 0 aliphatic rings. The Bertz CT molecular complexity index is 1090. The summed E-state index contributed by atoms with van der Waals surface area (Å²) in [5.41, 5.74) is 5.26. The first kappa shape index (κ1) is 22.4. The third kappa shape index (κ3) is 6.09. The molecule has 3 rings (SSSR count). The SMILES string of the molecule is CC(=O)c1ccc(/C(=C\C(C)(C)NCc2ccccc2)c2cccc(C(C)=O)c2)cc1. The number of rotatable bonds is 8. The Morgan fingerprint density at radius 1 is 0.742 bits per heavy atom. The first-order chi connectivity index (χ1) is 14.7. The van der Waals surface area contributed by atoms with Crippen LogP contribution in [0.25, 0.3) is 5.57 Å². The van der Waals surface area contributed by atoms with Crippen molar-refractivity contribution >= 4 is 17.1 Å². The van der Waals surface area contributed by atoms with Crippen molar-refractivity contribution in [2.45, 2.75) is 39.8 Å². The van der Waals surface area contributed by atoms with E-state index in [4.69, 9.17) is 0 Å². The highest BCUT2D eigenvalue weighted by molar-refractivity contribution is 5.96. The van der Waals surface area contributed by atoms with Crippen molar-refractivity contribution in [3.8, 4) is 0 Å². The molecule has 0 spiro atoms. The summed E-state index contributed by atoms with van der Waals surface area (Å²) >= 11 is 0. The van der Waals surface area contributed by atoms with E-state index in [9.17, 15) is 9.59 Å². The number of ketones is 2. The minimum Gasteiger partial charge on any atom is -0.304 e. The molecule has 3 aromatic rings. The summed E-state index contributed by atoms with van der Waals surface area (Å²) < 4.78 is 0. The summed E-state index contributed by atoms with van der Waals surface area (Å²) in [5.74, 6) is 0.0788. The molecule has 0 radical (unpaired) electrons. The lowest BCUT2D eigenvalue weighted by Gasteiger charge is -2.25. The van der Waals surface area contributed by atoms with Crippen molar-refractivity contribution in [1.29, 1.82) is 0 Å². The van der Waals surface area contributed by atoms with Crippen LogP contribution in [0, 0.1) is 0 Å². The molecule has 0 unspecified atom stereocenters. The van der Waals surface area contributed by atoms with E-state index in [1.807, 2.05) is 66.7 Å². The monoisotopic (exact) mass is 411 g/mol. The number of carbonyl (C=O) groups excluding carboxylic acids is 2. The smallest absolute Gasteiger partial charge is 0.159 e. The average Bonchev–Trinajstić information content (AvgIpc) is 2.77. The van der Waals surface area contributed by atoms with Crippen LogP contribution in [-0.2, 0) is 6.54 Å². The van der Waals surface area contributed by atoms with E-state index in [0.717, 1.165) is 23.2 Å². The largest absolute Gasteiger partial charge is 0.304 e. The lowest BCUT2D eigenvalue weighted by molar-refractivity contribution is 0.100. The molecular weight excluding hydrogens is 382 g/mol. The van der Waals surface area contributed by atoms with Crippen LogP contribution in [0.5, 0.6) is 0 Å². The second-order valence-corrected chi connectivity index (χ2v) is 8.39. The Morgan fingerprint density at radius 2 is 1.32 bits per heavy atom. The van der Waals surface area contributed by atoms with Gasteiger partial charge in [0.25, 0.3) is 0 Å². The molecule has 158 valence electrons. The van der Waals surface area contributed by atoms with Gasteiger partial charge in [0.15, 0.2) is 11.6 Å². The Kier molecular flexibility index (Phi) is 6.98. The molecule has 0 aromatic heterocycles. The van der Waals surface area contributed by atoms with Gasteiger partial charge >= 0.3 is 0 Å². The van der Waals surface area contributed by atoms with Gasteiger partial charge in [0.05, 0.1) is 0 Å². The van der Waals surface area contributed by atoms with Gasteiger partial charge in [0.2, 0.25) is 0 Å². The first-order valence-corrected chi connectivity index (χ1v) is 10.5. The minimum absolute atomic E-state index is 0.0367. The minimum atomic E-state index is -0.309. The fourth-order valence-electron chi connectivity index (χ4n) is 3.46. The van der Waals surface area contributed by atoms with Gasteiger partial charge in [0.1, 0.15) is 0 Å². The maximum Gasteiger partial charge on any atom is 0.159 e. The molecule has 3 nitrogen and oxygen atoms in total. The van der Waals surface area contributed by atoms with Gasteiger partial charge in [-0.25, -0.2) is 0 Å². The number of carbonyl (C=O) groups is 2. The van der Waals surface area contributed by atoms with Crippen molar-refractivity contribution in [3.05, 3.63) is 113 Å². The number of hydrogen-bond donors (Lipinski definition) is 1. The fourth-order valence-corrected chi connectivity index (χ4v) is 3.46. The van der Waals surface area contributed by atoms with Crippen molar-refractivity contribution in [2.24, 2.45) is 0 Å². The molecule has 0 aliphatic carbocycles. The van der Waals surface area contributed by atoms with Crippen molar-refractivity contribution in [1.82, 2.24) is 5.32 Å². The second kappa shape index (κ2) is 9.67. The van der Waals surface area contributed by atoms with Gasteiger partial charge in [-0.15, -0.1) is 0 Å². The molecule has 0 saturated heterocycles. The summed E-state index contributed by atoms with van der Waals surface area (Å²) in [7, 11) is 0. The Balaban J connectivity index is 2.00. The second-order valence-electron chi connectivity index (χ2n) is 8.39. The molecule has 0 atom stereocenters. The molecule has 0 amide bonds. The van der Waals surface area contributed by atoms with Crippen LogP contribution in [0.4, 0.5) is 0 Å². The number of hydrogen-bond acceptors (Lipinski definition) is 3. The van der Waals surface area contributed by atoms with Crippen LogP contribution in [0.15, 0.2) is 84.9 Å². The fraction of sp³-hybridized carbons (Fsp3) is 0.214. The topological polar surface area (TPSA) is 46.2 Å². The molecular formula is C28H29NO2. The summed E-state index contributed by atoms with van der Waals surface area (Å²) in [6.07, 6.45) is 2.19. The zero-order valence-corrected chi connectivity index (χ0v) is 18.6. The van der Waals surface area contributed by atoms with Crippen molar-refractivity contribution in [3.63, 3.8) is 0 Å². The van der Waals surface area contributed by atoms with Crippen LogP contribution in [0.2, 0.25) is 0 Å². The maximum atomic E-state index is 12.0. The van der Waals surface area contributed by atoms with Gasteiger partial charge in [-0.2, -0.15) is 0 Å². The summed E-state index contributed by atoms with van der Waals surface area (Å²) in [5, 5.41) is 3.61. The van der Waals surface area contributed by atoms with E-state index in [0.29, 0.717) is 11.1 Å². The third-order valence-corrected chi connectivity index (χ3v) is 5.28. The van der Waals surface area contributed by atoms with Gasteiger partial charge in [-0.05, 0) is 56.0 Å².